The molecule has 0 atom stereocenters. The van der Waals surface area contributed by atoms with E-state index in [1.165, 1.54) is 0 Å². The predicted octanol–water partition coefficient (Wildman–Crippen LogP) is 1.34. The Morgan fingerprint density at radius 3 is 1.48 bits per heavy atom. The lowest BCUT2D eigenvalue weighted by molar-refractivity contribution is 0.0673. The Bertz CT molecular complexity index is 895. The maximum absolute atomic E-state index is 11.3. The zero-order chi connectivity index (χ0) is 17.5. The van der Waals surface area contributed by atoms with Gasteiger partial charge in [-0.05, 0) is 18.2 Å². The summed E-state index contributed by atoms with van der Waals surface area (Å²) in [4.78, 5) is 45.2. The van der Waals surface area contributed by atoms with Gasteiger partial charge in [-0.25, -0.2) is 19.2 Å². The number of phenols is 1. The summed E-state index contributed by atoms with van der Waals surface area (Å²) in [7, 11) is 0. The number of aromatic hydroxyl groups is 1. The van der Waals surface area contributed by atoms with Crippen molar-refractivity contribution in [2.24, 2.45) is 0 Å². The molecule has 5 N–H and O–H groups in total. The second-order valence-corrected chi connectivity index (χ2v) is 4.45. The highest BCUT2D eigenvalue weighted by atomic mass is 16.4. The molecule has 2 aromatic carbocycles. The van der Waals surface area contributed by atoms with Gasteiger partial charge in [-0.15, -0.1) is 0 Å². The van der Waals surface area contributed by atoms with Crippen molar-refractivity contribution in [3.63, 3.8) is 0 Å². The standard InChI is InChI=1S/C14H8O9/c15-7-3-6(13(20)21)8-4(11(16)17)1-2-5(12(18)19)9(8)10(7)14(22)23/h1-3,15H,(H,16,17)(H,18,19)(H,20,21)(H,22,23). The number of hydrogen-bond donors (Lipinski definition) is 5. The Kier molecular flexibility index (Phi) is 3.63. The Morgan fingerprint density at radius 2 is 1.09 bits per heavy atom. The third-order valence-corrected chi connectivity index (χ3v) is 3.17. The molecule has 0 amide bonds. The van der Waals surface area contributed by atoms with Crippen LogP contribution in [0, 0.1) is 0 Å². The molecule has 118 valence electrons. The molecule has 0 fully saturated rings. The topological polar surface area (TPSA) is 169 Å². The zero-order valence-corrected chi connectivity index (χ0v) is 11.1. The lowest BCUT2D eigenvalue weighted by Gasteiger charge is -2.13. The average Bonchev–Trinajstić information content (AvgIpc) is 2.43. The first kappa shape index (κ1) is 15.8. The average molecular weight is 320 g/mol. The lowest BCUT2D eigenvalue weighted by Crippen LogP contribution is -2.11. The zero-order valence-electron chi connectivity index (χ0n) is 11.1. The minimum absolute atomic E-state index is 0.576. The van der Waals surface area contributed by atoms with E-state index in [0.29, 0.717) is 6.07 Å². The minimum Gasteiger partial charge on any atom is -0.507 e. The van der Waals surface area contributed by atoms with E-state index in [4.69, 9.17) is 10.2 Å². The predicted molar refractivity (Wildman–Crippen MR) is 73.5 cm³/mol. The Morgan fingerprint density at radius 1 is 0.652 bits per heavy atom. The first-order chi connectivity index (χ1) is 10.7. The lowest BCUT2D eigenvalue weighted by atomic mass is 9.91. The highest BCUT2D eigenvalue weighted by Crippen LogP contribution is 2.35. The van der Waals surface area contributed by atoms with E-state index < -0.39 is 62.7 Å². The maximum atomic E-state index is 11.3. The summed E-state index contributed by atoms with van der Waals surface area (Å²) in [6.07, 6.45) is 0. The molecule has 0 aliphatic heterocycles. The van der Waals surface area contributed by atoms with Crippen molar-refractivity contribution in [3.8, 4) is 5.75 Å². The fourth-order valence-electron chi connectivity index (χ4n) is 2.29. The van der Waals surface area contributed by atoms with Gasteiger partial charge in [-0.3, -0.25) is 0 Å². The number of carbonyl (C=O) groups is 4. The molecule has 9 heteroatoms. The van der Waals surface area contributed by atoms with Gasteiger partial charge in [-0.2, -0.15) is 0 Å². The van der Waals surface area contributed by atoms with Gasteiger partial charge in [0, 0.05) is 10.8 Å². The molecular formula is C14H8O9. The molecule has 0 saturated carbocycles. The molecule has 0 aromatic heterocycles. The van der Waals surface area contributed by atoms with E-state index in [1.54, 1.807) is 0 Å². The van der Waals surface area contributed by atoms with Gasteiger partial charge < -0.3 is 25.5 Å². The van der Waals surface area contributed by atoms with E-state index in [9.17, 15) is 34.5 Å². The van der Waals surface area contributed by atoms with Gasteiger partial charge in [0.15, 0.2) is 0 Å². The summed E-state index contributed by atoms with van der Waals surface area (Å²) in [6, 6.07) is 2.28. The maximum Gasteiger partial charge on any atom is 0.340 e. The molecule has 0 radical (unpaired) electrons. The summed E-state index contributed by atoms with van der Waals surface area (Å²) in [5, 5.41) is 45.2. The third kappa shape index (κ3) is 2.39. The highest BCUT2D eigenvalue weighted by molar-refractivity contribution is 6.22. The van der Waals surface area contributed by atoms with Crippen LogP contribution in [-0.4, -0.2) is 49.4 Å². The molecule has 0 heterocycles. The molecule has 0 aliphatic rings. The monoisotopic (exact) mass is 320 g/mol. The fraction of sp³-hybridized carbons (Fsp3) is 0. The van der Waals surface area contributed by atoms with Crippen molar-refractivity contribution in [1.82, 2.24) is 0 Å². The van der Waals surface area contributed by atoms with Crippen molar-refractivity contribution in [1.29, 1.82) is 0 Å². The van der Waals surface area contributed by atoms with Gasteiger partial charge in [0.2, 0.25) is 0 Å². The number of benzene rings is 2. The van der Waals surface area contributed by atoms with Crippen molar-refractivity contribution in [2.45, 2.75) is 0 Å². The first-order valence-electron chi connectivity index (χ1n) is 5.92. The van der Waals surface area contributed by atoms with Crippen LogP contribution >= 0.6 is 0 Å². The first-order valence-corrected chi connectivity index (χ1v) is 5.92. The molecule has 0 bridgehead atoms. The van der Waals surface area contributed by atoms with Crippen LogP contribution in [0.25, 0.3) is 10.8 Å². The second kappa shape index (κ2) is 5.30. The van der Waals surface area contributed by atoms with Crippen LogP contribution in [0.5, 0.6) is 5.75 Å². The quantitative estimate of drug-likeness (QED) is 0.557. The highest BCUT2D eigenvalue weighted by Gasteiger charge is 2.28. The molecule has 0 unspecified atom stereocenters. The van der Waals surface area contributed by atoms with E-state index in [2.05, 4.69) is 0 Å². The molecule has 9 nitrogen and oxygen atoms in total. The molecular weight excluding hydrogens is 312 g/mol. The number of carboxylic acids is 4. The van der Waals surface area contributed by atoms with E-state index in [1.807, 2.05) is 0 Å². The molecule has 0 aliphatic carbocycles. The van der Waals surface area contributed by atoms with E-state index >= 15 is 0 Å². The minimum atomic E-state index is -1.73. The number of hydrogen-bond acceptors (Lipinski definition) is 5. The number of fused-ring (bicyclic) bond motifs is 1. The Balaban J connectivity index is 3.26. The Hall–Kier alpha value is -3.62. The number of aromatic carboxylic acids is 4. The molecule has 2 aromatic rings. The van der Waals surface area contributed by atoms with Crippen LogP contribution in [0.3, 0.4) is 0 Å². The second-order valence-electron chi connectivity index (χ2n) is 4.45. The van der Waals surface area contributed by atoms with Crippen LogP contribution in [0.2, 0.25) is 0 Å². The van der Waals surface area contributed by atoms with Gasteiger partial charge in [-0.1, -0.05) is 0 Å². The van der Waals surface area contributed by atoms with Crippen molar-refractivity contribution >= 4 is 34.6 Å². The van der Waals surface area contributed by atoms with Crippen LogP contribution in [0.1, 0.15) is 41.4 Å². The van der Waals surface area contributed by atoms with Gasteiger partial charge in [0.05, 0.1) is 16.7 Å². The van der Waals surface area contributed by atoms with E-state index in [0.717, 1.165) is 12.1 Å². The summed E-state index contributed by atoms with van der Waals surface area (Å²) in [6.45, 7) is 0. The Labute approximate surface area is 126 Å². The summed E-state index contributed by atoms with van der Waals surface area (Å²) in [5.41, 5.74) is -2.83. The summed E-state index contributed by atoms with van der Waals surface area (Å²) >= 11 is 0. The smallest absolute Gasteiger partial charge is 0.340 e. The van der Waals surface area contributed by atoms with Gasteiger partial charge >= 0.3 is 23.9 Å². The SMILES string of the molecule is O=C(O)c1ccc(C(=O)O)c2c(C(=O)O)c(O)cc(C(=O)O)c12. The molecule has 23 heavy (non-hydrogen) atoms. The van der Waals surface area contributed by atoms with Gasteiger partial charge in [0.1, 0.15) is 11.3 Å². The van der Waals surface area contributed by atoms with E-state index in [-0.39, 0.29) is 0 Å². The summed E-state index contributed by atoms with van der Waals surface area (Å²) < 4.78 is 0. The van der Waals surface area contributed by atoms with Crippen LogP contribution < -0.4 is 0 Å². The van der Waals surface area contributed by atoms with Crippen LogP contribution in [0.4, 0.5) is 0 Å². The number of rotatable bonds is 4. The summed E-state index contributed by atoms with van der Waals surface area (Å²) in [5.74, 6) is -7.53. The molecule has 0 saturated heterocycles. The van der Waals surface area contributed by atoms with Crippen LogP contribution in [0.15, 0.2) is 18.2 Å². The van der Waals surface area contributed by atoms with Crippen molar-refractivity contribution in [2.75, 3.05) is 0 Å². The van der Waals surface area contributed by atoms with Crippen molar-refractivity contribution in [3.05, 3.63) is 40.5 Å². The molecule has 0 spiro atoms. The fourth-order valence-corrected chi connectivity index (χ4v) is 2.29. The largest absolute Gasteiger partial charge is 0.507 e. The number of carboxylic acid groups (broad SMARTS) is 4. The van der Waals surface area contributed by atoms with Gasteiger partial charge in [0.25, 0.3) is 0 Å². The normalized spacial score (nSPS) is 10.4. The third-order valence-electron chi connectivity index (χ3n) is 3.17. The van der Waals surface area contributed by atoms with Crippen molar-refractivity contribution < 1.29 is 44.7 Å². The molecule has 2 rings (SSSR count). The van der Waals surface area contributed by atoms with Crippen LogP contribution in [-0.2, 0) is 0 Å².